The van der Waals surface area contributed by atoms with Gasteiger partial charge in [-0.25, -0.2) is 8.42 Å². The fourth-order valence-electron chi connectivity index (χ4n) is 4.67. The smallest absolute Gasteiger partial charge is 0.264 e. The highest BCUT2D eigenvalue weighted by molar-refractivity contribution is 7.92. The number of amides is 1. The zero-order valence-corrected chi connectivity index (χ0v) is 23.0. The van der Waals surface area contributed by atoms with E-state index in [1.807, 2.05) is 79.7 Å². The van der Waals surface area contributed by atoms with Crippen LogP contribution in [-0.4, -0.2) is 14.3 Å². The van der Waals surface area contributed by atoms with Gasteiger partial charge in [0.2, 0.25) is 0 Å². The van der Waals surface area contributed by atoms with Crippen molar-refractivity contribution in [2.24, 2.45) is 0 Å². The van der Waals surface area contributed by atoms with Crippen LogP contribution in [0.25, 0.3) is 0 Å². The summed E-state index contributed by atoms with van der Waals surface area (Å²) in [5.74, 6) is -0.208. The van der Waals surface area contributed by atoms with Gasteiger partial charge in [-0.3, -0.25) is 9.10 Å². The van der Waals surface area contributed by atoms with E-state index in [9.17, 15) is 13.2 Å². The Kier molecular flexibility index (Phi) is 8.08. The van der Waals surface area contributed by atoms with Crippen molar-refractivity contribution in [3.05, 3.63) is 167 Å². The van der Waals surface area contributed by atoms with Crippen LogP contribution >= 0.6 is 0 Å². The van der Waals surface area contributed by atoms with Gasteiger partial charge in [0, 0.05) is 5.56 Å². The van der Waals surface area contributed by atoms with E-state index in [1.54, 1.807) is 66.7 Å². The number of hydrogen-bond donors (Lipinski definition) is 1. The van der Waals surface area contributed by atoms with E-state index >= 15 is 0 Å². The molecule has 0 fully saturated rings. The predicted octanol–water partition coefficient (Wildman–Crippen LogP) is 6.91. The molecule has 0 radical (unpaired) electrons. The summed E-state index contributed by atoms with van der Waals surface area (Å²) in [5, 5.41) is 3.19. The third-order valence-electron chi connectivity index (χ3n) is 6.83. The number of para-hydroxylation sites is 1. The van der Waals surface area contributed by atoms with Crippen LogP contribution < -0.4 is 9.62 Å². The molecule has 0 aliphatic carbocycles. The molecule has 5 rings (SSSR count). The third-order valence-corrected chi connectivity index (χ3v) is 8.61. The average Bonchev–Trinajstić information content (AvgIpc) is 3.00. The number of nitrogens with one attached hydrogen (secondary N) is 1. The summed E-state index contributed by atoms with van der Waals surface area (Å²) in [5.41, 5.74) is 4.94. The molecule has 0 aliphatic heterocycles. The lowest BCUT2D eigenvalue weighted by Gasteiger charge is -2.25. The van der Waals surface area contributed by atoms with Gasteiger partial charge in [0.1, 0.15) is 0 Å². The molecule has 5 aromatic carbocycles. The van der Waals surface area contributed by atoms with Crippen molar-refractivity contribution in [1.82, 2.24) is 5.32 Å². The second-order valence-corrected chi connectivity index (χ2v) is 11.4. The fraction of sp³-hybridized carbons (Fsp3) is 0.0882. The molecular weight excluding hydrogens is 516 g/mol. The van der Waals surface area contributed by atoms with E-state index in [2.05, 4.69) is 5.32 Å². The summed E-state index contributed by atoms with van der Waals surface area (Å²) >= 11 is 0. The molecule has 6 heteroatoms. The van der Waals surface area contributed by atoms with Gasteiger partial charge in [-0.1, -0.05) is 103 Å². The zero-order valence-electron chi connectivity index (χ0n) is 22.1. The van der Waals surface area contributed by atoms with Crippen LogP contribution in [0.3, 0.4) is 0 Å². The van der Waals surface area contributed by atoms with Crippen molar-refractivity contribution >= 4 is 21.6 Å². The summed E-state index contributed by atoms with van der Waals surface area (Å²) in [6.45, 7) is 2.16. The minimum absolute atomic E-state index is 0.124. The Morgan fingerprint density at radius 3 is 1.88 bits per heavy atom. The maximum Gasteiger partial charge on any atom is 0.264 e. The highest BCUT2D eigenvalue weighted by atomic mass is 32.2. The molecule has 1 atom stereocenters. The van der Waals surface area contributed by atoms with E-state index in [4.69, 9.17) is 0 Å². The van der Waals surface area contributed by atoms with Gasteiger partial charge >= 0.3 is 0 Å². The van der Waals surface area contributed by atoms with Gasteiger partial charge in [0.05, 0.1) is 23.2 Å². The number of nitrogens with zero attached hydrogens (tertiary/aromatic N) is 1. The summed E-state index contributed by atoms with van der Waals surface area (Å²) in [4.78, 5) is 13.6. The highest BCUT2D eigenvalue weighted by Gasteiger charge is 2.25. The molecule has 0 heterocycles. The Hall–Kier alpha value is -4.68. The van der Waals surface area contributed by atoms with Gasteiger partial charge in [0.15, 0.2) is 0 Å². The number of benzene rings is 5. The predicted molar refractivity (Wildman–Crippen MR) is 160 cm³/mol. The molecule has 0 spiro atoms. The van der Waals surface area contributed by atoms with Gasteiger partial charge in [0.25, 0.3) is 15.9 Å². The van der Waals surface area contributed by atoms with E-state index < -0.39 is 10.0 Å². The molecule has 40 heavy (non-hydrogen) atoms. The first-order chi connectivity index (χ1) is 19.4. The van der Waals surface area contributed by atoms with Gasteiger partial charge < -0.3 is 5.32 Å². The first-order valence-corrected chi connectivity index (χ1v) is 14.5. The van der Waals surface area contributed by atoms with Gasteiger partial charge in [-0.15, -0.1) is 0 Å². The minimum atomic E-state index is -3.81. The Labute approximate surface area is 235 Å². The molecule has 1 N–H and O–H groups in total. The number of anilines is 1. The Bertz CT molecular complexity index is 1670. The lowest BCUT2D eigenvalue weighted by atomic mass is 9.94. The van der Waals surface area contributed by atoms with Crippen LogP contribution in [0.15, 0.2) is 144 Å². The molecule has 0 aliphatic rings. The van der Waals surface area contributed by atoms with Crippen molar-refractivity contribution in [2.75, 3.05) is 4.31 Å². The molecule has 200 valence electrons. The quantitative estimate of drug-likeness (QED) is 0.218. The van der Waals surface area contributed by atoms with E-state index in [-0.39, 0.29) is 23.4 Å². The van der Waals surface area contributed by atoms with Crippen molar-refractivity contribution in [3.63, 3.8) is 0 Å². The van der Waals surface area contributed by atoms with Crippen LogP contribution in [0.2, 0.25) is 0 Å². The molecule has 5 nitrogen and oxygen atoms in total. The fourth-order valence-corrected chi connectivity index (χ4v) is 6.14. The number of rotatable bonds is 9. The lowest BCUT2D eigenvalue weighted by molar-refractivity contribution is 0.0943. The van der Waals surface area contributed by atoms with E-state index in [1.165, 1.54) is 4.31 Å². The molecular formula is C34H30N2O3S. The number of carbonyl (C=O) groups excluding carboxylic acids is 1. The van der Waals surface area contributed by atoms with Crippen molar-refractivity contribution in [1.29, 1.82) is 0 Å². The van der Waals surface area contributed by atoms with Crippen molar-refractivity contribution in [2.45, 2.75) is 24.4 Å². The van der Waals surface area contributed by atoms with Crippen LogP contribution in [0.1, 0.15) is 38.7 Å². The SMILES string of the molecule is Cc1ccccc1[C@H](NC(=O)c1ccc(CN(c2ccccc2)S(=O)(=O)c2ccccc2)cc1)c1ccccc1. The second-order valence-electron chi connectivity index (χ2n) is 9.53. The molecule has 0 saturated heterocycles. The number of sulfonamides is 1. The standard InChI is InChI=1S/C34H30N2O3S/c1-26-13-11-12-20-32(26)33(28-14-5-2-6-15-28)35-34(37)29-23-21-27(22-24-29)25-36(30-16-7-3-8-17-30)40(38,39)31-18-9-4-10-19-31/h2-24,33H,25H2,1H3,(H,35,37)/t33-/m1/s1. The third kappa shape index (κ3) is 5.98. The Balaban J connectivity index is 1.40. The first kappa shape index (κ1) is 26.9. The minimum Gasteiger partial charge on any atom is -0.341 e. The van der Waals surface area contributed by atoms with Gasteiger partial charge in [-0.05, 0) is 65.6 Å². The molecule has 0 aromatic heterocycles. The molecule has 0 bridgehead atoms. The second kappa shape index (κ2) is 12.0. The molecule has 0 unspecified atom stereocenters. The van der Waals surface area contributed by atoms with E-state index in [0.717, 1.165) is 22.3 Å². The maximum absolute atomic E-state index is 13.6. The number of hydrogen-bond acceptors (Lipinski definition) is 3. The van der Waals surface area contributed by atoms with Gasteiger partial charge in [-0.2, -0.15) is 0 Å². The highest BCUT2D eigenvalue weighted by Crippen LogP contribution is 2.27. The van der Waals surface area contributed by atoms with Crippen molar-refractivity contribution < 1.29 is 13.2 Å². The Morgan fingerprint density at radius 1 is 0.700 bits per heavy atom. The normalized spacial score (nSPS) is 11.9. The van der Waals surface area contributed by atoms with Crippen LogP contribution in [0, 0.1) is 6.92 Å². The average molecular weight is 547 g/mol. The zero-order chi connectivity index (χ0) is 28.0. The van der Waals surface area contributed by atoms with Crippen LogP contribution in [0.5, 0.6) is 0 Å². The first-order valence-electron chi connectivity index (χ1n) is 13.1. The number of aryl methyl sites for hydroxylation is 1. The largest absolute Gasteiger partial charge is 0.341 e. The summed E-state index contributed by atoms with van der Waals surface area (Å²) in [6.07, 6.45) is 0. The lowest BCUT2D eigenvalue weighted by Crippen LogP contribution is -2.31. The van der Waals surface area contributed by atoms with E-state index in [0.29, 0.717) is 11.3 Å². The Morgan fingerprint density at radius 2 is 1.25 bits per heavy atom. The molecule has 1 amide bonds. The monoisotopic (exact) mass is 546 g/mol. The van der Waals surface area contributed by atoms with Crippen LogP contribution in [-0.2, 0) is 16.6 Å². The molecule has 0 saturated carbocycles. The van der Waals surface area contributed by atoms with Crippen molar-refractivity contribution in [3.8, 4) is 0 Å². The number of carbonyl (C=O) groups is 1. The summed E-state index contributed by atoms with van der Waals surface area (Å²) in [7, 11) is -3.81. The van der Waals surface area contributed by atoms with Crippen LogP contribution in [0.4, 0.5) is 5.69 Å². The topological polar surface area (TPSA) is 66.5 Å². The summed E-state index contributed by atoms with van der Waals surface area (Å²) < 4.78 is 28.6. The summed E-state index contributed by atoms with van der Waals surface area (Å²) in [6, 6.07) is 42.1. The maximum atomic E-state index is 13.6. The molecule has 5 aromatic rings.